The third-order valence-corrected chi connectivity index (χ3v) is 1.61. The number of nitrogens with zero attached hydrogens (tertiary/aromatic N) is 2. The minimum Gasteiger partial charge on any atom is -0.366 e. The molecule has 80 valence electrons. The molecule has 2 N–H and O–H groups in total. The number of anilines is 2. The number of nitrogens with one attached hydrogen (secondary N) is 2. The average molecular weight is 206 g/mol. The van der Waals surface area contributed by atoms with Gasteiger partial charge in [-0.3, -0.25) is 4.79 Å². The highest BCUT2D eigenvalue weighted by Crippen LogP contribution is 2.07. The zero-order chi connectivity index (χ0) is 11.1. The fraction of sp³-hybridized carbons (Fsp3) is 0.300. The number of hydrogen-bond donors (Lipinski definition) is 2. The topological polar surface area (TPSA) is 66.9 Å². The number of hydrogen-bond acceptors (Lipinski definition) is 5. The zero-order valence-corrected chi connectivity index (χ0v) is 8.66. The maximum atomic E-state index is 10.7. The number of carbonyl (C=O) groups excluding carboxylic acids is 1. The second-order valence-corrected chi connectivity index (χ2v) is 3.01. The molecule has 1 rings (SSSR count). The van der Waals surface area contributed by atoms with Gasteiger partial charge in [-0.2, -0.15) is 0 Å². The van der Waals surface area contributed by atoms with Crippen LogP contribution in [-0.2, 0) is 4.79 Å². The summed E-state index contributed by atoms with van der Waals surface area (Å²) in [6, 6.07) is 1.74. The first kappa shape index (κ1) is 11.2. The van der Waals surface area contributed by atoms with Crippen LogP contribution in [0.25, 0.3) is 0 Å². The molecule has 0 aliphatic rings. The van der Waals surface area contributed by atoms with E-state index in [0.717, 1.165) is 0 Å². The maximum Gasteiger partial charge on any atom is 0.148 e. The van der Waals surface area contributed by atoms with E-state index in [1.54, 1.807) is 12.1 Å². The first-order valence-electron chi connectivity index (χ1n) is 4.62. The van der Waals surface area contributed by atoms with E-state index < -0.39 is 0 Å². The molecular formula is C10H14N4O. The van der Waals surface area contributed by atoms with Gasteiger partial charge in [0.05, 0.1) is 6.54 Å². The normalized spacial score (nSPS) is 9.40. The van der Waals surface area contributed by atoms with Gasteiger partial charge >= 0.3 is 0 Å². The highest BCUT2D eigenvalue weighted by molar-refractivity contribution is 5.80. The summed E-state index contributed by atoms with van der Waals surface area (Å²) >= 11 is 0. The number of ketones is 1. The molecule has 5 heteroatoms. The lowest BCUT2D eigenvalue weighted by molar-refractivity contribution is -0.115. The Hall–Kier alpha value is -1.91. The Morgan fingerprint density at radius 1 is 1.47 bits per heavy atom. The number of carbonyl (C=O) groups is 1. The van der Waals surface area contributed by atoms with E-state index in [1.165, 1.54) is 13.3 Å². The first-order valence-corrected chi connectivity index (χ1v) is 4.62. The molecule has 0 radical (unpaired) electrons. The largest absolute Gasteiger partial charge is 0.366 e. The molecule has 0 bridgehead atoms. The second-order valence-electron chi connectivity index (χ2n) is 3.01. The van der Waals surface area contributed by atoms with Gasteiger partial charge in [0, 0.05) is 12.6 Å². The standard InChI is InChI=1S/C10H14N4O/c1-3-4-11-9-5-10(14-7-13-9)12-6-8(2)15/h3,5,7H,1,4,6H2,2H3,(H2,11,12,13,14). The molecule has 0 fully saturated rings. The lowest BCUT2D eigenvalue weighted by Crippen LogP contribution is -2.11. The van der Waals surface area contributed by atoms with Crippen LogP contribution in [0, 0.1) is 0 Å². The van der Waals surface area contributed by atoms with Gasteiger partial charge in [-0.05, 0) is 6.92 Å². The Labute approximate surface area is 88.6 Å². The number of rotatable bonds is 6. The van der Waals surface area contributed by atoms with E-state index in [9.17, 15) is 4.79 Å². The van der Waals surface area contributed by atoms with E-state index >= 15 is 0 Å². The lowest BCUT2D eigenvalue weighted by Gasteiger charge is -2.05. The van der Waals surface area contributed by atoms with Gasteiger partial charge in [0.1, 0.15) is 23.7 Å². The van der Waals surface area contributed by atoms with Gasteiger partial charge in [0.25, 0.3) is 0 Å². The molecule has 0 unspecified atom stereocenters. The summed E-state index contributed by atoms with van der Waals surface area (Å²) < 4.78 is 0. The predicted molar refractivity (Wildman–Crippen MR) is 59.9 cm³/mol. The Morgan fingerprint density at radius 3 is 2.73 bits per heavy atom. The Balaban J connectivity index is 2.57. The van der Waals surface area contributed by atoms with Gasteiger partial charge in [-0.15, -0.1) is 6.58 Å². The predicted octanol–water partition coefficient (Wildman–Crippen LogP) is 1.08. The third-order valence-electron chi connectivity index (χ3n) is 1.61. The maximum absolute atomic E-state index is 10.7. The monoisotopic (exact) mass is 206 g/mol. The minimum absolute atomic E-state index is 0.0641. The van der Waals surface area contributed by atoms with Crippen molar-refractivity contribution in [3.63, 3.8) is 0 Å². The SMILES string of the molecule is C=CCNc1cc(NCC(C)=O)ncn1. The highest BCUT2D eigenvalue weighted by Gasteiger charge is 1.98. The van der Waals surface area contributed by atoms with E-state index in [1.807, 2.05) is 0 Å². The van der Waals surface area contributed by atoms with Crippen molar-refractivity contribution in [3.05, 3.63) is 25.0 Å². The van der Waals surface area contributed by atoms with Crippen LogP contribution in [0.2, 0.25) is 0 Å². The van der Waals surface area contributed by atoms with Crippen LogP contribution in [0.5, 0.6) is 0 Å². The van der Waals surface area contributed by atoms with Crippen LogP contribution in [-0.4, -0.2) is 28.8 Å². The molecule has 0 saturated carbocycles. The molecule has 0 aliphatic carbocycles. The summed E-state index contributed by atoms with van der Waals surface area (Å²) in [5.41, 5.74) is 0. The Bertz CT molecular complexity index is 351. The molecule has 0 spiro atoms. The van der Waals surface area contributed by atoms with Crippen molar-refractivity contribution >= 4 is 17.4 Å². The summed E-state index contributed by atoms with van der Waals surface area (Å²) in [5.74, 6) is 1.40. The van der Waals surface area contributed by atoms with Crippen molar-refractivity contribution in [2.45, 2.75) is 6.92 Å². The fourth-order valence-electron chi connectivity index (χ4n) is 0.942. The molecule has 0 aliphatic heterocycles. The molecule has 1 heterocycles. The van der Waals surface area contributed by atoms with Crippen LogP contribution < -0.4 is 10.6 Å². The molecule has 0 atom stereocenters. The van der Waals surface area contributed by atoms with Gasteiger partial charge in [-0.1, -0.05) is 6.08 Å². The Kier molecular flexibility index (Phi) is 4.28. The number of aromatic nitrogens is 2. The van der Waals surface area contributed by atoms with E-state index in [2.05, 4.69) is 27.2 Å². The van der Waals surface area contributed by atoms with E-state index in [-0.39, 0.29) is 12.3 Å². The summed E-state index contributed by atoms with van der Waals surface area (Å²) in [4.78, 5) is 18.7. The van der Waals surface area contributed by atoms with Crippen molar-refractivity contribution in [2.75, 3.05) is 23.7 Å². The molecule has 1 aromatic heterocycles. The van der Waals surface area contributed by atoms with Crippen molar-refractivity contribution in [3.8, 4) is 0 Å². The van der Waals surface area contributed by atoms with E-state index in [0.29, 0.717) is 18.2 Å². The van der Waals surface area contributed by atoms with Crippen molar-refractivity contribution < 1.29 is 4.79 Å². The zero-order valence-electron chi connectivity index (χ0n) is 8.66. The fourth-order valence-corrected chi connectivity index (χ4v) is 0.942. The average Bonchev–Trinajstić information content (AvgIpc) is 2.24. The van der Waals surface area contributed by atoms with Crippen LogP contribution >= 0.6 is 0 Å². The van der Waals surface area contributed by atoms with Crippen LogP contribution in [0.15, 0.2) is 25.0 Å². The molecule has 0 aromatic carbocycles. The van der Waals surface area contributed by atoms with Gasteiger partial charge < -0.3 is 10.6 Å². The smallest absolute Gasteiger partial charge is 0.148 e. The second kappa shape index (κ2) is 5.74. The summed E-state index contributed by atoms with van der Waals surface area (Å²) in [6.45, 7) is 6.03. The molecule has 1 aromatic rings. The number of Topliss-reactive ketones (excluding diaryl/α,β-unsaturated/α-hetero) is 1. The summed E-state index contributed by atoms with van der Waals surface area (Å²) in [5, 5.41) is 5.92. The quantitative estimate of drug-likeness (QED) is 0.682. The van der Waals surface area contributed by atoms with Crippen molar-refractivity contribution in [1.82, 2.24) is 9.97 Å². The van der Waals surface area contributed by atoms with Crippen LogP contribution in [0.1, 0.15) is 6.92 Å². The minimum atomic E-state index is 0.0641. The Morgan fingerprint density at radius 2 is 2.13 bits per heavy atom. The van der Waals surface area contributed by atoms with Crippen molar-refractivity contribution in [1.29, 1.82) is 0 Å². The highest BCUT2D eigenvalue weighted by atomic mass is 16.1. The molecular weight excluding hydrogens is 192 g/mol. The molecule has 0 amide bonds. The summed E-state index contributed by atoms with van der Waals surface area (Å²) in [7, 11) is 0. The van der Waals surface area contributed by atoms with Gasteiger partial charge in [-0.25, -0.2) is 9.97 Å². The van der Waals surface area contributed by atoms with Gasteiger partial charge in [0.15, 0.2) is 0 Å². The van der Waals surface area contributed by atoms with Gasteiger partial charge in [0.2, 0.25) is 0 Å². The molecule has 5 nitrogen and oxygen atoms in total. The van der Waals surface area contributed by atoms with Crippen LogP contribution in [0.4, 0.5) is 11.6 Å². The third kappa shape index (κ3) is 4.21. The summed E-state index contributed by atoms with van der Waals surface area (Å²) in [6.07, 6.45) is 3.18. The lowest BCUT2D eigenvalue weighted by atomic mass is 10.4. The van der Waals surface area contributed by atoms with Crippen molar-refractivity contribution in [2.24, 2.45) is 0 Å². The van der Waals surface area contributed by atoms with Crippen LogP contribution in [0.3, 0.4) is 0 Å². The first-order chi connectivity index (χ1) is 7.22. The van der Waals surface area contributed by atoms with E-state index in [4.69, 9.17) is 0 Å². The molecule has 0 saturated heterocycles. The molecule has 15 heavy (non-hydrogen) atoms.